The second kappa shape index (κ2) is 9.45. The summed E-state index contributed by atoms with van der Waals surface area (Å²) >= 11 is 0. The van der Waals surface area contributed by atoms with Crippen LogP contribution in [-0.4, -0.2) is 37.0 Å². The highest BCUT2D eigenvalue weighted by Gasteiger charge is 2.31. The van der Waals surface area contributed by atoms with Crippen LogP contribution in [0, 0.1) is 11.8 Å². The molecule has 1 amide bonds. The Hall–Kier alpha value is -2.33. The summed E-state index contributed by atoms with van der Waals surface area (Å²) in [6.45, 7) is 7.36. The van der Waals surface area contributed by atoms with E-state index in [1.54, 1.807) is 4.90 Å². The largest absolute Gasteiger partial charge is 0.457 e. The predicted octanol–water partition coefficient (Wildman–Crippen LogP) is 3.53. The fourth-order valence-electron chi connectivity index (χ4n) is 4.57. The van der Waals surface area contributed by atoms with Crippen LogP contribution in [0.3, 0.4) is 0 Å². The van der Waals surface area contributed by atoms with Gasteiger partial charge in [0.1, 0.15) is 18.0 Å². The molecule has 0 bridgehead atoms. The SMILES string of the molecule is CC1CCN(C(=O)C2CC[NH+](Cc3cccc(Oc4ccccc4)c3)CC2)CC1. The molecule has 0 spiro atoms. The maximum atomic E-state index is 12.8. The van der Waals surface area contributed by atoms with Crippen molar-refractivity contribution >= 4 is 5.91 Å². The van der Waals surface area contributed by atoms with E-state index < -0.39 is 0 Å². The summed E-state index contributed by atoms with van der Waals surface area (Å²) < 4.78 is 5.97. The number of nitrogens with zero attached hydrogens (tertiary/aromatic N) is 1. The molecule has 0 radical (unpaired) electrons. The summed E-state index contributed by atoms with van der Waals surface area (Å²) in [5, 5.41) is 0. The number of piperidine rings is 2. The van der Waals surface area contributed by atoms with E-state index in [1.807, 2.05) is 36.4 Å². The molecule has 2 aliphatic heterocycles. The van der Waals surface area contributed by atoms with Gasteiger partial charge in [-0.1, -0.05) is 37.3 Å². The van der Waals surface area contributed by atoms with Gasteiger partial charge >= 0.3 is 0 Å². The molecular weight excluding hydrogens is 360 g/mol. The molecule has 2 saturated heterocycles. The van der Waals surface area contributed by atoms with E-state index in [0.717, 1.165) is 75.8 Å². The van der Waals surface area contributed by atoms with Gasteiger partial charge in [-0.05, 0) is 43.0 Å². The minimum absolute atomic E-state index is 0.236. The number of hydrogen-bond acceptors (Lipinski definition) is 2. The van der Waals surface area contributed by atoms with Gasteiger partial charge in [-0.3, -0.25) is 4.79 Å². The second-order valence-electron chi connectivity index (χ2n) is 8.77. The topological polar surface area (TPSA) is 34.0 Å². The fraction of sp³-hybridized carbons (Fsp3) is 0.480. The van der Waals surface area contributed by atoms with E-state index in [1.165, 1.54) is 5.56 Å². The van der Waals surface area contributed by atoms with E-state index in [4.69, 9.17) is 4.74 Å². The molecule has 4 nitrogen and oxygen atoms in total. The molecule has 2 fully saturated rings. The summed E-state index contributed by atoms with van der Waals surface area (Å²) in [7, 11) is 0. The lowest BCUT2D eigenvalue weighted by Gasteiger charge is -2.35. The van der Waals surface area contributed by atoms with Crippen LogP contribution in [0.4, 0.5) is 0 Å². The number of benzene rings is 2. The lowest BCUT2D eigenvalue weighted by atomic mass is 9.92. The number of ether oxygens (including phenoxy) is 1. The Morgan fingerprint density at radius 1 is 0.966 bits per heavy atom. The zero-order valence-electron chi connectivity index (χ0n) is 17.5. The average molecular weight is 394 g/mol. The van der Waals surface area contributed by atoms with E-state index >= 15 is 0 Å². The van der Waals surface area contributed by atoms with Gasteiger partial charge in [-0.15, -0.1) is 0 Å². The summed E-state index contributed by atoms with van der Waals surface area (Å²) in [5.41, 5.74) is 1.29. The second-order valence-corrected chi connectivity index (χ2v) is 8.77. The van der Waals surface area contributed by atoms with Crippen molar-refractivity contribution in [2.45, 2.75) is 39.2 Å². The molecule has 1 N–H and O–H groups in total. The Labute approximate surface area is 174 Å². The number of carbonyl (C=O) groups excluding carboxylic acids is 1. The molecule has 2 heterocycles. The predicted molar refractivity (Wildman–Crippen MR) is 115 cm³/mol. The molecule has 29 heavy (non-hydrogen) atoms. The molecule has 0 atom stereocenters. The molecule has 0 saturated carbocycles. The van der Waals surface area contributed by atoms with Crippen molar-refractivity contribution in [1.29, 1.82) is 0 Å². The summed E-state index contributed by atoms with van der Waals surface area (Å²) in [6, 6.07) is 18.3. The first-order valence-electron chi connectivity index (χ1n) is 11.1. The number of carbonyl (C=O) groups is 1. The third-order valence-electron chi connectivity index (χ3n) is 6.47. The molecule has 2 aromatic carbocycles. The number of nitrogens with one attached hydrogen (secondary N) is 1. The maximum Gasteiger partial charge on any atom is 0.226 e. The third-order valence-corrected chi connectivity index (χ3v) is 6.47. The zero-order chi connectivity index (χ0) is 20.1. The van der Waals surface area contributed by atoms with E-state index in [0.29, 0.717) is 5.91 Å². The highest BCUT2D eigenvalue weighted by atomic mass is 16.5. The lowest BCUT2D eigenvalue weighted by Crippen LogP contribution is -3.11. The molecule has 4 rings (SSSR count). The number of quaternary nitrogens is 1. The molecule has 4 heteroatoms. The quantitative estimate of drug-likeness (QED) is 0.843. The highest BCUT2D eigenvalue weighted by molar-refractivity contribution is 5.79. The van der Waals surface area contributed by atoms with Crippen molar-refractivity contribution in [3.63, 3.8) is 0 Å². The normalized spacial score (nSPS) is 23.0. The van der Waals surface area contributed by atoms with Crippen LogP contribution in [0.25, 0.3) is 0 Å². The number of hydrogen-bond donors (Lipinski definition) is 1. The Morgan fingerprint density at radius 3 is 2.38 bits per heavy atom. The maximum absolute atomic E-state index is 12.8. The van der Waals surface area contributed by atoms with Gasteiger partial charge in [0, 0.05) is 37.4 Å². The lowest BCUT2D eigenvalue weighted by molar-refractivity contribution is -0.919. The van der Waals surface area contributed by atoms with Gasteiger partial charge in [0.2, 0.25) is 5.91 Å². The smallest absolute Gasteiger partial charge is 0.226 e. The summed E-state index contributed by atoms with van der Waals surface area (Å²) in [6.07, 6.45) is 4.36. The summed E-state index contributed by atoms with van der Waals surface area (Å²) in [4.78, 5) is 16.5. The van der Waals surface area contributed by atoms with Gasteiger partial charge in [0.05, 0.1) is 13.1 Å². The van der Waals surface area contributed by atoms with Crippen molar-refractivity contribution < 1.29 is 14.4 Å². The average Bonchev–Trinajstić information content (AvgIpc) is 2.75. The fourth-order valence-corrected chi connectivity index (χ4v) is 4.57. The molecule has 0 aliphatic carbocycles. The van der Waals surface area contributed by atoms with Crippen molar-refractivity contribution in [2.75, 3.05) is 26.2 Å². The van der Waals surface area contributed by atoms with Crippen LogP contribution in [0.1, 0.15) is 38.2 Å². The number of para-hydroxylation sites is 1. The standard InChI is InChI=1S/C25H32N2O2/c1-20-10-16-27(17-11-20)25(28)22-12-14-26(15-13-22)19-21-6-5-9-24(18-21)29-23-7-3-2-4-8-23/h2-9,18,20,22H,10-17,19H2,1H3/p+1. The van der Waals surface area contributed by atoms with Gasteiger partial charge in [0.25, 0.3) is 0 Å². The van der Waals surface area contributed by atoms with Gasteiger partial charge in [-0.25, -0.2) is 0 Å². The molecular formula is C25H33N2O2+. The van der Waals surface area contributed by atoms with E-state index in [2.05, 4.69) is 30.0 Å². The Balaban J connectivity index is 1.27. The highest BCUT2D eigenvalue weighted by Crippen LogP contribution is 2.23. The zero-order valence-corrected chi connectivity index (χ0v) is 17.5. The van der Waals surface area contributed by atoms with Crippen molar-refractivity contribution in [3.05, 3.63) is 60.2 Å². The molecule has 154 valence electrons. The number of rotatable bonds is 5. The van der Waals surface area contributed by atoms with Crippen molar-refractivity contribution in [3.8, 4) is 11.5 Å². The van der Waals surface area contributed by atoms with Gasteiger partial charge < -0.3 is 14.5 Å². The monoisotopic (exact) mass is 393 g/mol. The van der Waals surface area contributed by atoms with Crippen LogP contribution in [-0.2, 0) is 11.3 Å². The Kier molecular flexibility index (Phi) is 6.50. The molecule has 0 unspecified atom stereocenters. The Morgan fingerprint density at radius 2 is 1.66 bits per heavy atom. The van der Waals surface area contributed by atoms with E-state index in [-0.39, 0.29) is 5.92 Å². The van der Waals surface area contributed by atoms with Crippen LogP contribution < -0.4 is 9.64 Å². The molecule has 2 aromatic rings. The van der Waals surface area contributed by atoms with E-state index in [9.17, 15) is 4.79 Å². The Bertz CT molecular complexity index is 791. The van der Waals surface area contributed by atoms with Crippen LogP contribution in [0.2, 0.25) is 0 Å². The third kappa shape index (κ3) is 5.39. The van der Waals surface area contributed by atoms with Crippen LogP contribution in [0.5, 0.6) is 11.5 Å². The van der Waals surface area contributed by atoms with Crippen LogP contribution >= 0.6 is 0 Å². The van der Waals surface area contributed by atoms with Gasteiger partial charge in [-0.2, -0.15) is 0 Å². The first-order valence-corrected chi connectivity index (χ1v) is 11.1. The summed E-state index contributed by atoms with van der Waals surface area (Å²) in [5.74, 6) is 3.17. The van der Waals surface area contributed by atoms with Gasteiger partial charge in [0.15, 0.2) is 0 Å². The number of amides is 1. The minimum atomic E-state index is 0.236. The first-order chi connectivity index (χ1) is 14.2. The first kappa shape index (κ1) is 20.0. The molecule has 2 aliphatic rings. The number of likely N-dealkylation sites (tertiary alicyclic amines) is 2. The molecule has 0 aromatic heterocycles. The van der Waals surface area contributed by atoms with Crippen LogP contribution in [0.15, 0.2) is 54.6 Å². The van der Waals surface area contributed by atoms with Crippen molar-refractivity contribution in [1.82, 2.24) is 4.90 Å². The van der Waals surface area contributed by atoms with Crippen molar-refractivity contribution in [2.24, 2.45) is 11.8 Å². The minimum Gasteiger partial charge on any atom is -0.457 e.